The average molecular weight is 344 g/mol. The van der Waals surface area contributed by atoms with Gasteiger partial charge in [0.1, 0.15) is 17.3 Å². The summed E-state index contributed by atoms with van der Waals surface area (Å²) in [4.78, 5) is 28.1. The first kappa shape index (κ1) is 20.0. The highest BCUT2D eigenvalue weighted by atomic mass is 19.1. The van der Waals surface area contributed by atoms with Gasteiger partial charge in [0.2, 0.25) is 0 Å². The van der Waals surface area contributed by atoms with E-state index in [-0.39, 0.29) is 19.6 Å². The molecule has 0 aromatic rings. The Labute approximate surface area is 140 Å². The smallest absolute Gasteiger partial charge is 0.411 e. The summed E-state index contributed by atoms with van der Waals surface area (Å²) >= 11 is 0. The van der Waals surface area contributed by atoms with Gasteiger partial charge in [-0.25, -0.2) is 14.0 Å². The maximum absolute atomic E-state index is 14.8. The molecule has 1 aliphatic rings. The zero-order valence-electron chi connectivity index (χ0n) is 14.6. The normalized spacial score (nSPS) is 23.5. The van der Waals surface area contributed by atoms with Crippen molar-refractivity contribution >= 4 is 12.1 Å². The summed E-state index contributed by atoms with van der Waals surface area (Å²) in [5.74, 6) is -0.672. The number of alkyl halides is 1. The van der Waals surface area contributed by atoms with Crippen molar-refractivity contribution in [2.45, 2.75) is 64.3 Å². The van der Waals surface area contributed by atoms with E-state index >= 15 is 0 Å². The number of rotatable bonds is 6. The fourth-order valence-electron chi connectivity index (χ4n) is 2.35. The molecule has 8 nitrogen and oxygen atoms in total. The molecule has 0 aromatic carbocycles. The number of azide groups is 1. The fourth-order valence-corrected chi connectivity index (χ4v) is 2.35. The Hall–Kier alpha value is -2.02. The Morgan fingerprint density at radius 1 is 1.46 bits per heavy atom. The second-order valence-electron chi connectivity index (χ2n) is 6.89. The summed E-state index contributed by atoms with van der Waals surface area (Å²) in [7, 11) is 0. The van der Waals surface area contributed by atoms with Crippen LogP contribution in [0.5, 0.6) is 0 Å². The van der Waals surface area contributed by atoms with Gasteiger partial charge < -0.3 is 9.47 Å². The SMILES string of the molecule is CCCCOC(=O)[C@@H]1C[C@](F)(CN=[N+]=[N-])CN1C(=O)OC(C)(C)C. The van der Waals surface area contributed by atoms with Crippen molar-refractivity contribution in [1.82, 2.24) is 4.90 Å². The van der Waals surface area contributed by atoms with Crippen molar-refractivity contribution in [1.29, 1.82) is 0 Å². The van der Waals surface area contributed by atoms with Gasteiger partial charge in [-0.15, -0.1) is 0 Å². The van der Waals surface area contributed by atoms with Crippen molar-refractivity contribution in [2.75, 3.05) is 19.7 Å². The number of hydrogen-bond donors (Lipinski definition) is 0. The Balaban J connectivity index is 2.90. The van der Waals surface area contributed by atoms with Gasteiger partial charge in [0.15, 0.2) is 0 Å². The third-order valence-corrected chi connectivity index (χ3v) is 3.45. The van der Waals surface area contributed by atoms with Crippen molar-refractivity contribution < 1.29 is 23.5 Å². The van der Waals surface area contributed by atoms with Gasteiger partial charge in [0, 0.05) is 11.3 Å². The molecule has 136 valence electrons. The van der Waals surface area contributed by atoms with E-state index in [1.807, 2.05) is 6.92 Å². The summed E-state index contributed by atoms with van der Waals surface area (Å²) in [5, 5.41) is 3.24. The molecular weight excluding hydrogens is 319 g/mol. The number of nitrogens with zero attached hydrogens (tertiary/aromatic N) is 4. The number of amides is 1. The minimum Gasteiger partial charge on any atom is -0.464 e. The first-order valence-electron chi connectivity index (χ1n) is 7.98. The topological polar surface area (TPSA) is 105 Å². The fraction of sp³-hybridized carbons (Fsp3) is 0.867. The minimum atomic E-state index is -1.97. The lowest BCUT2D eigenvalue weighted by atomic mass is 10.0. The molecule has 0 spiro atoms. The van der Waals surface area contributed by atoms with Crippen molar-refractivity contribution in [2.24, 2.45) is 5.11 Å². The van der Waals surface area contributed by atoms with Crippen LogP contribution in [0.1, 0.15) is 47.0 Å². The van der Waals surface area contributed by atoms with Crippen LogP contribution in [0.2, 0.25) is 0 Å². The van der Waals surface area contributed by atoms with Gasteiger partial charge in [0.05, 0.1) is 19.7 Å². The summed E-state index contributed by atoms with van der Waals surface area (Å²) < 4.78 is 25.2. The Bertz CT molecular complexity index is 516. The van der Waals surface area contributed by atoms with Crippen LogP contribution in [0, 0.1) is 0 Å². The third kappa shape index (κ3) is 5.88. The molecule has 1 rings (SSSR count). The lowest BCUT2D eigenvalue weighted by Gasteiger charge is -2.27. The highest BCUT2D eigenvalue weighted by molar-refractivity contribution is 5.82. The number of halogens is 1. The first-order chi connectivity index (χ1) is 11.1. The molecule has 24 heavy (non-hydrogen) atoms. The van der Waals surface area contributed by atoms with Crippen LogP contribution in [0.25, 0.3) is 10.4 Å². The number of likely N-dealkylation sites (tertiary alicyclic amines) is 1. The monoisotopic (exact) mass is 344 g/mol. The first-order valence-corrected chi connectivity index (χ1v) is 7.98. The van der Waals surface area contributed by atoms with E-state index in [1.165, 1.54) is 0 Å². The predicted octanol–water partition coefficient (Wildman–Crippen LogP) is 3.36. The van der Waals surface area contributed by atoms with Gasteiger partial charge in [-0.05, 0) is 32.7 Å². The molecule has 0 unspecified atom stereocenters. The maximum atomic E-state index is 14.8. The Kier molecular flexibility index (Phi) is 6.83. The van der Waals surface area contributed by atoms with E-state index in [1.54, 1.807) is 20.8 Å². The summed E-state index contributed by atoms with van der Waals surface area (Å²) in [6.07, 6.45) is 0.457. The maximum Gasteiger partial charge on any atom is 0.411 e. The Morgan fingerprint density at radius 2 is 2.12 bits per heavy atom. The van der Waals surface area contributed by atoms with E-state index in [0.717, 1.165) is 11.3 Å². The largest absolute Gasteiger partial charge is 0.464 e. The number of carbonyl (C=O) groups is 2. The lowest BCUT2D eigenvalue weighted by Crippen LogP contribution is -2.44. The quantitative estimate of drug-likeness (QED) is 0.242. The van der Waals surface area contributed by atoms with Gasteiger partial charge in [-0.3, -0.25) is 4.90 Å². The van der Waals surface area contributed by atoms with E-state index in [0.29, 0.717) is 6.42 Å². The molecule has 0 radical (unpaired) electrons. The second-order valence-corrected chi connectivity index (χ2v) is 6.89. The molecule has 0 saturated carbocycles. The highest BCUT2D eigenvalue weighted by Crippen LogP contribution is 2.33. The molecule has 2 atom stereocenters. The molecule has 0 N–H and O–H groups in total. The number of ether oxygens (including phenoxy) is 2. The minimum absolute atomic E-state index is 0.212. The van der Waals surface area contributed by atoms with Crippen molar-refractivity contribution in [3.63, 3.8) is 0 Å². The number of unbranched alkanes of at least 4 members (excludes halogenated alkanes) is 1. The zero-order valence-corrected chi connectivity index (χ0v) is 14.6. The third-order valence-electron chi connectivity index (χ3n) is 3.45. The zero-order chi connectivity index (χ0) is 18.4. The molecule has 1 amide bonds. The van der Waals surface area contributed by atoms with E-state index in [4.69, 9.17) is 15.0 Å². The molecule has 0 aliphatic carbocycles. The van der Waals surface area contributed by atoms with Crippen LogP contribution < -0.4 is 0 Å². The molecule has 9 heteroatoms. The van der Waals surface area contributed by atoms with Crippen LogP contribution in [-0.2, 0) is 14.3 Å². The molecule has 0 bridgehead atoms. The van der Waals surface area contributed by atoms with Gasteiger partial charge in [-0.2, -0.15) is 0 Å². The molecular formula is C15H25FN4O4. The standard InChI is InChI=1S/C15H25FN4O4/c1-5-6-7-23-12(21)11-8-15(16,9-18-19-17)10-20(11)13(22)24-14(2,3)4/h11H,5-10H2,1-4H3/t11-,15-/m0/s1. The lowest BCUT2D eigenvalue weighted by molar-refractivity contribution is -0.149. The predicted molar refractivity (Wildman–Crippen MR) is 85.1 cm³/mol. The molecule has 1 saturated heterocycles. The van der Waals surface area contributed by atoms with E-state index < -0.39 is 35.9 Å². The van der Waals surface area contributed by atoms with Crippen molar-refractivity contribution in [3.8, 4) is 0 Å². The number of hydrogen-bond acceptors (Lipinski definition) is 5. The molecule has 1 aliphatic heterocycles. The van der Waals surface area contributed by atoms with Gasteiger partial charge in [-0.1, -0.05) is 18.5 Å². The van der Waals surface area contributed by atoms with Crippen molar-refractivity contribution in [3.05, 3.63) is 10.4 Å². The highest BCUT2D eigenvalue weighted by Gasteiger charge is 2.50. The number of esters is 1. The van der Waals surface area contributed by atoms with E-state index in [9.17, 15) is 14.0 Å². The van der Waals surface area contributed by atoms with Crippen LogP contribution in [0.4, 0.5) is 9.18 Å². The average Bonchev–Trinajstić information content (AvgIpc) is 2.82. The van der Waals surface area contributed by atoms with Crippen LogP contribution in [-0.4, -0.2) is 54.0 Å². The van der Waals surface area contributed by atoms with Gasteiger partial charge >= 0.3 is 12.1 Å². The van der Waals surface area contributed by atoms with Crippen LogP contribution >= 0.6 is 0 Å². The summed E-state index contributed by atoms with van der Waals surface area (Å²) in [6.45, 7) is 6.36. The van der Waals surface area contributed by atoms with Crippen LogP contribution in [0.15, 0.2) is 5.11 Å². The molecule has 1 heterocycles. The van der Waals surface area contributed by atoms with Gasteiger partial charge in [0.25, 0.3) is 0 Å². The van der Waals surface area contributed by atoms with E-state index in [2.05, 4.69) is 10.0 Å². The number of carbonyl (C=O) groups excluding carboxylic acids is 2. The summed E-state index contributed by atoms with van der Waals surface area (Å²) in [6, 6.07) is -1.09. The molecule has 0 aromatic heterocycles. The second kappa shape index (κ2) is 8.19. The van der Waals surface area contributed by atoms with Crippen LogP contribution in [0.3, 0.4) is 0 Å². The summed E-state index contributed by atoms with van der Waals surface area (Å²) in [5.41, 5.74) is 5.63. The molecule has 1 fully saturated rings. The Morgan fingerprint density at radius 3 is 2.67 bits per heavy atom.